The predicted octanol–water partition coefficient (Wildman–Crippen LogP) is 1.84. The fourth-order valence-corrected chi connectivity index (χ4v) is 1.45. The van der Waals surface area contributed by atoms with Crippen molar-refractivity contribution < 1.29 is 9.90 Å². The first-order chi connectivity index (χ1) is 6.16. The molecule has 3 N–H and O–H groups in total. The Morgan fingerprint density at radius 3 is 2.62 bits per heavy atom. The lowest BCUT2D eigenvalue weighted by molar-refractivity contribution is 0.0697. The lowest BCUT2D eigenvalue weighted by Gasteiger charge is -2.02. The van der Waals surface area contributed by atoms with Crippen molar-refractivity contribution in [1.82, 2.24) is 0 Å². The van der Waals surface area contributed by atoms with E-state index in [-0.39, 0.29) is 0 Å². The molecule has 1 saturated carbocycles. The number of anilines is 1. The van der Waals surface area contributed by atoms with E-state index in [9.17, 15) is 4.79 Å². The molecule has 0 aromatic heterocycles. The van der Waals surface area contributed by atoms with Gasteiger partial charge in [0.2, 0.25) is 0 Å². The highest BCUT2D eigenvalue weighted by atomic mass is 16.4. The van der Waals surface area contributed by atoms with Gasteiger partial charge in [-0.25, -0.2) is 4.79 Å². The Kier molecular flexibility index (Phi) is 1.72. The van der Waals surface area contributed by atoms with Crippen LogP contribution in [-0.2, 0) is 0 Å². The smallest absolute Gasteiger partial charge is 0.335 e. The summed E-state index contributed by atoms with van der Waals surface area (Å²) in [4.78, 5) is 10.7. The van der Waals surface area contributed by atoms with Gasteiger partial charge < -0.3 is 10.8 Å². The van der Waals surface area contributed by atoms with E-state index in [2.05, 4.69) is 0 Å². The van der Waals surface area contributed by atoms with Crippen LogP contribution in [0.3, 0.4) is 0 Å². The molecule has 0 saturated heterocycles. The fourth-order valence-electron chi connectivity index (χ4n) is 1.45. The molecule has 2 rings (SSSR count). The van der Waals surface area contributed by atoms with E-state index in [0.717, 1.165) is 18.4 Å². The summed E-state index contributed by atoms with van der Waals surface area (Å²) in [5.74, 6) is -0.365. The average Bonchev–Trinajstić information content (AvgIpc) is 2.85. The van der Waals surface area contributed by atoms with Crippen LogP contribution in [0.2, 0.25) is 0 Å². The Morgan fingerprint density at radius 2 is 2.08 bits per heavy atom. The molecule has 1 aromatic carbocycles. The number of carboxylic acids is 1. The second kappa shape index (κ2) is 2.76. The highest BCUT2D eigenvalue weighted by Crippen LogP contribution is 2.40. The van der Waals surface area contributed by atoms with Crippen LogP contribution in [0.25, 0.3) is 0 Å². The lowest BCUT2D eigenvalue weighted by Crippen LogP contribution is -1.99. The van der Waals surface area contributed by atoms with E-state index < -0.39 is 5.97 Å². The van der Waals surface area contributed by atoms with Crippen molar-refractivity contribution in [3.63, 3.8) is 0 Å². The quantitative estimate of drug-likeness (QED) is 0.677. The second-order valence-corrected chi connectivity index (χ2v) is 3.47. The molecule has 1 fully saturated rings. The molecule has 1 aromatic rings. The summed E-state index contributed by atoms with van der Waals surface area (Å²) in [5.41, 5.74) is 7.50. The number of nitrogen functional groups attached to an aromatic ring is 1. The highest BCUT2D eigenvalue weighted by Gasteiger charge is 2.24. The summed E-state index contributed by atoms with van der Waals surface area (Å²) in [6, 6.07) is 5.08. The van der Waals surface area contributed by atoms with Crippen LogP contribution in [-0.4, -0.2) is 11.1 Å². The van der Waals surface area contributed by atoms with E-state index in [1.807, 2.05) is 6.07 Å². The van der Waals surface area contributed by atoms with Crippen LogP contribution in [0.1, 0.15) is 34.7 Å². The van der Waals surface area contributed by atoms with Crippen molar-refractivity contribution in [1.29, 1.82) is 0 Å². The van der Waals surface area contributed by atoms with E-state index >= 15 is 0 Å². The molecule has 0 spiro atoms. The molecule has 3 nitrogen and oxygen atoms in total. The van der Waals surface area contributed by atoms with Crippen LogP contribution in [0, 0.1) is 0 Å². The van der Waals surface area contributed by atoms with Gasteiger partial charge in [0.15, 0.2) is 0 Å². The van der Waals surface area contributed by atoms with Crippen LogP contribution in [0.5, 0.6) is 0 Å². The molecule has 13 heavy (non-hydrogen) atoms. The van der Waals surface area contributed by atoms with Crippen molar-refractivity contribution in [2.45, 2.75) is 18.8 Å². The van der Waals surface area contributed by atoms with Gasteiger partial charge in [0.1, 0.15) is 0 Å². The first-order valence-electron chi connectivity index (χ1n) is 4.30. The molecule has 0 atom stereocenters. The van der Waals surface area contributed by atoms with Gasteiger partial charge in [-0.2, -0.15) is 0 Å². The predicted molar refractivity (Wildman–Crippen MR) is 49.8 cm³/mol. The zero-order valence-corrected chi connectivity index (χ0v) is 7.16. The normalized spacial score (nSPS) is 15.7. The molecule has 0 radical (unpaired) electrons. The molecule has 0 amide bonds. The van der Waals surface area contributed by atoms with Gasteiger partial charge in [-0.1, -0.05) is 0 Å². The van der Waals surface area contributed by atoms with Gasteiger partial charge in [-0.15, -0.1) is 0 Å². The van der Waals surface area contributed by atoms with Gasteiger partial charge in [-0.05, 0) is 42.5 Å². The Labute approximate surface area is 76.2 Å². The number of carbonyl (C=O) groups is 1. The minimum absolute atomic E-state index is 0.293. The standard InChI is InChI=1S/C10H11NO2/c11-9-4-7(6-1-2-6)3-8(5-9)10(12)13/h3-6H,1-2,11H2,(H,12,13). The largest absolute Gasteiger partial charge is 0.478 e. The number of rotatable bonds is 2. The summed E-state index contributed by atoms with van der Waals surface area (Å²) in [7, 11) is 0. The summed E-state index contributed by atoms with van der Waals surface area (Å²) in [6.45, 7) is 0. The molecule has 0 heterocycles. The minimum atomic E-state index is -0.908. The lowest BCUT2D eigenvalue weighted by atomic mass is 10.1. The van der Waals surface area contributed by atoms with Crippen molar-refractivity contribution in [2.24, 2.45) is 0 Å². The molecule has 68 valence electrons. The Balaban J connectivity index is 2.41. The zero-order valence-electron chi connectivity index (χ0n) is 7.16. The molecule has 1 aliphatic rings. The molecule has 0 unspecified atom stereocenters. The third-order valence-electron chi connectivity index (χ3n) is 2.27. The summed E-state index contributed by atoms with van der Waals surface area (Å²) in [6.07, 6.45) is 2.31. The highest BCUT2D eigenvalue weighted by molar-refractivity contribution is 5.89. The average molecular weight is 177 g/mol. The Hall–Kier alpha value is -1.51. The van der Waals surface area contributed by atoms with Gasteiger partial charge in [0, 0.05) is 5.69 Å². The SMILES string of the molecule is Nc1cc(C(=O)O)cc(C2CC2)c1. The van der Waals surface area contributed by atoms with Gasteiger partial charge in [0.05, 0.1) is 5.56 Å². The van der Waals surface area contributed by atoms with E-state index in [1.165, 1.54) is 6.07 Å². The first kappa shape index (κ1) is 8.10. The Morgan fingerprint density at radius 1 is 1.38 bits per heavy atom. The first-order valence-corrected chi connectivity index (χ1v) is 4.30. The van der Waals surface area contributed by atoms with E-state index in [1.54, 1.807) is 6.07 Å². The van der Waals surface area contributed by atoms with Gasteiger partial charge >= 0.3 is 5.97 Å². The maximum absolute atomic E-state index is 10.7. The van der Waals surface area contributed by atoms with Crippen LogP contribution in [0.15, 0.2) is 18.2 Å². The molecule has 0 aliphatic heterocycles. The van der Waals surface area contributed by atoms with E-state index in [4.69, 9.17) is 10.8 Å². The molecular weight excluding hydrogens is 166 g/mol. The van der Waals surface area contributed by atoms with Crippen LogP contribution in [0.4, 0.5) is 5.69 Å². The third kappa shape index (κ3) is 1.64. The van der Waals surface area contributed by atoms with Crippen molar-refractivity contribution in [2.75, 3.05) is 5.73 Å². The van der Waals surface area contributed by atoms with Crippen LogP contribution < -0.4 is 5.73 Å². The molecular formula is C10H11NO2. The number of carboxylic acid groups (broad SMARTS) is 1. The van der Waals surface area contributed by atoms with Gasteiger partial charge in [-0.3, -0.25) is 0 Å². The number of hydrogen-bond acceptors (Lipinski definition) is 2. The molecule has 0 bridgehead atoms. The van der Waals surface area contributed by atoms with Crippen molar-refractivity contribution >= 4 is 11.7 Å². The number of nitrogens with two attached hydrogens (primary N) is 1. The second-order valence-electron chi connectivity index (χ2n) is 3.47. The molecule has 3 heteroatoms. The third-order valence-corrected chi connectivity index (χ3v) is 2.27. The van der Waals surface area contributed by atoms with Crippen molar-refractivity contribution in [3.8, 4) is 0 Å². The maximum Gasteiger partial charge on any atom is 0.335 e. The number of aromatic carboxylic acids is 1. The number of hydrogen-bond donors (Lipinski definition) is 2. The maximum atomic E-state index is 10.7. The minimum Gasteiger partial charge on any atom is -0.478 e. The number of benzene rings is 1. The monoisotopic (exact) mass is 177 g/mol. The van der Waals surface area contributed by atoms with E-state index in [0.29, 0.717) is 17.2 Å². The summed E-state index contributed by atoms with van der Waals surface area (Å²) >= 11 is 0. The van der Waals surface area contributed by atoms with Crippen molar-refractivity contribution in [3.05, 3.63) is 29.3 Å². The Bertz CT molecular complexity index is 356. The zero-order chi connectivity index (χ0) is 9.42. The molecule has 1 aliphatic carbocycles. The fraction of sp³-hybridized carbons (Fsp3) is 0.300. The van der Waals surface area contributed by atoms with Gasteiger partial charge in [0.25, 0.3) is 0 Å². The summed E-state index contributed by atoms with van der Waals surface area (Å²) < 4.78 is 0. The summed E-state index contributed by atoms with van der Waals surface area (Å²) in [5, 5.41) is 8.78. The van der Waals surface area contributed by atoms with Crippen LogP contribution >= 0.6 is 0 Å². The topological polar surface area (TPSA) is 63.3 Å².